The van der Waals surface area contributed by atoms with E-state index in [1.54, 1.807) is 0 Å². The first-order valence-electron chi connectivity index (χ1n) is 5.98. The summed E-state index contributed by atoms with van der Waals surface area (Å²) < 4.78 is 5.80. The van der Waals surface area contributed by atoms with Crippen LogP contribution in [-0.2, 0) is 4.74 Å². The van der Waals surface area contributed by atoms with E-state index in [1.165, 1.54) is 0 Å². The molecule has 0 amide bonds. The Morgan fingerprint density at radius 1 is 0.882 bits per heavy atom. The highest BCUT2D eigenvalue weighted by molar-refractivity contribution is 5.03. The van der Waals surface area contributed by atoms with Gasteiger partial charge in [0.25, 0.3) is 0 Å². The van der Waals surface area contributed by atoms with Crippen LogP contribution in [0.4, 0.5) is 0 Å². The van der Waals surface area contributed by atoms with Crippen LogP contribution in [0.1, 0.15) is 13.8 Å². The third kappa shape index (κ3) is 6.01. The zero-order valence-electron chi connectivity index (χ0n) is 12.3. The Hall–Kier alpha value is -0.640. The molecule has 0 spiro atoms. The van der Waals surface area contributed by atoms with Gasteiger partial charge in [-0.2, -0.15) is 0 Å². The minimum Gasteiger partial charge on any atom is -0.378 e. The van der Waals surface area contributed by atoms with Gasteiger partial charge in [-0.05, 0) is 42.0 Å². The van der Waals surface area contributed by atoms with Gasteiger partial charge < -0.3 is 14.5 Å². The van der Waals surface area contributed by atoms with Crippen LogP contribution in [0.5, 0.6) is 0 Å². The Bertz CT molecular complexity index is 233. The number of hydrogen-bond acceptors (Lipinski definition) is 3. The molecular formula is C14H28N2O. The van der Waals surface area contributed by atoms with Crippen molar-refractivity contribution in [2.45, 2.75) is 25.9 Å². The Labute approximate surface area is 107 Å². The van der Waals surface area contributed by atoms with E-state index in [0.29, 0.717) is 13.2 Å². The fraction of sp³-hybridized carbons (Fsp3) is 0.714. The van der Waals surface area contributed by atoms with E-state index in [-0.39, 0.29) is 12.1 Å². The maximum atomic E-state index is 5.80. The molecule has 0 rings (SSSR count). The highest BCUT2D eigenvalue weighted by Gasteiger charge is 2.16. The van der Waals surface area contributed by atoms with Gasteiger partial charge in [-0.1, -0.05) is 24.3 Å². The largest absolute Gasteiger partial charge is 0.378 e. The van der Waals surface area contributed by atoms with Crippen molar-refractivity contribution < 1.29 is 4.74 Å². The van der Waals surface area contributed by atoms with Crippen molar-refractivity contribution in [3.63, 3.8) is 0 Å². The first-order valence-corrected chi connectivity index (χ1v) is 5.98. The van der Waals surface area contributed by atoms with Crippen LogP contribution < -0.4 is 0 Å². The zero-order chi connectivity index (χ0) is 13.6. The monoisotopic (exact) mass is 240 g/mol. The highest BCUT2D eigenvalue weighted by atomic mass is 16.5. The summed E-state index contributed by atoms with van der Waals surface area (Å²) in [5.41, 5.74) is 2.26. The second kappa shape index (κ2) is 7.64. The van der Waals surface area contributed by atoms with Gasteiger partial charge in [0.15, 0.2) is 0 Å². The minimum atomic E-state index is 0.280. The molecule has 3 nitrogen and oxygen atoms in total. The standard InChI is InChI=1S/C14H28N2O/c1-11(2)13(15(5)6)9-17-10-14(12(3)4)16(7)8/h13-14H,1,3,9-10H2,2,4-8H3. The SMILES string of the molecule is C=C(C)C(COCC(C(=C)C)N(C)C)N(C)C. The molecule has 0 radical (unpaired) electrons. The van der Waals surface area contributed by atoms with Crippen molar-refractivity contribution in [1.82, 2.24) is 9.80 Å². The lowest BCUT2D eigenvalue weighted by molar-refractivity contribution is 0.0626. The summed E-state index contributed by atoms with van der Waals surface area (Å²) in [7, 11) is 8.19. The van der Waals surface area contributed by atoms with Crippen LogP contribution in [0.2, 0.25) is 0 Å². The molecule has 0 heterocycles. The predicted octanol–water partition coefficient (Wildman–Crippen LogP) is 2.02. The average Bonchev–Trinajstić information content (AvgIpc) is 2.14. The third-order valence-electron chi connectivity index (χ3n) is 2.94. The van der Waals surface area contributed by atoms with Crippen LogP contribution in [0.3, 0.4) is 0 Å². The molecule has 0 aliphatic heterocycles. The summed E-state index contributed by atoms with van der Waals surface area (Å²) in [6.07, 6.45) is 0. The van der Waals surface area contributed by atoms with Gasteiger partial charge >= 0.3 is 0 Å². The topological polar surface area (TPSA) is 15.7 Å². The molecule has 0 aromatic rings. The Kier molecular flexibility index (Phi) is 7.35. The van der Waals surface area contributed by atoms with Crippen molar-refractivity contribution in [2.75, 3.05) is 41.4 Å². The molecule has 3 heteroatoms. The summed E-state index contributed by atoms with van der Waals surface area (Å²) in [5.74, 6) is 0. The van der Waals surface area contributed by atoms with Gasteiger partial charge in [-0.15, -0.1) is 0 Å². The average molecular weight is 240 g/mol. The van der Waals surface area contributed by atoms with Gasteiger partial charge in [0.1, 0.15) is 0 Å². The van der Waals surface area contributed by atoms with Crippen molar-refractivity contribution in [1.29, 1.82) is 0 Å². The Balaban J connectivity index is 4.19. The minimum absolute atomic E-state index is 0.280. The van der Waals surface area contributed by atoms with E-state index in [2.05, 4.69) is 23.0 Å². The summed E-state index contributed by atoms with van der Waals surface area (Å²) in [5, 5.41) is 0. The van der Waals surface area contributed by atoms with E-state index < -0.39 is 0 Å². The lowest BCUT2D eigenvalue weighted by Gasteiger charge is -2.28. The summed E-state index contributed by atoms with van der Waals surface area (Å²) in [6.45, 7) is 13.4. The summed E-state index contributed by atoms with van der Waals surface area (Å²) in [4.78, 5) is 4.27. The van der Waals surface area contributed by atoms with Gasteiger partial charge in [-0.3, -0.25) is 0 Å². The van der Waals surface area contributed by atoms with E-state index >= 15 is 0 Å². The van der Waals surface area contributed by atoms with Crippen molar-refractivity contribution in [2.24, 2.45) is 0 Å². The molecule has 0 aliphatic carbocycles. The Morgan fingerprint density at radius 3 is 1.35 bits per heavy atom. The first-order chi connectivity index (χ1) is 7.77. The second-order valence-electron chi connectivity index (χ2n) is 5.19. The molecule has 2 unspecified atom stereocenters. The molecular weight excluding hydrogens is 212 g/mol. The molecule has 0 saturated carbocycles. The molecule has 17 heavy (non-hydrogen) atoms. The molecule has 0 saturated heterocycles. The smallest absolute Gasteiger partial charge is 0.0660 e. The lowest BCUT2D eigenvalue weighted by Crippen LogP contribution is -2.37. The molecule has 0 fully saturated rings. The van der Waals surface area contributed by atoms with Crippen molar-refractivity contribution in [3.05, 3.63) is 24.3 Å². The van der Waals surface area contributed by atoms with Crippen LogP contribution >= 0.6 is 0 Å². The predicted molar refractivity (Wildman–Crippen MR) is 75.4 cm³/mol. The lowest BCUT2D eigenvalue weighted by atomic mass is 10.1. The van der Waals surface area contributed by atoms with E-state index in [4.69, 9.17) is 4.74 Å². The van der Waals surface area contributed by atoms with E-state index in [1.807, 2.05) is 42.0 Å². The Morgan fingerprint density at radius 2 is 1.18 bits per heavy atom. The maximum absolute atomic E-state index is 5.80. The molecule has 0 aromatic carbocycles. The molecule has 100 valence electrons. The van der Waals surface area contributed by atoms with Crippen LogP contribution in [0.15, 0.2) is 24.3 Å². The van der Waals surface area contributed by atoms with Crippen molar-refractivity contribution in [3.8, 4) is 0 Å². The second-order valence-corrected chi connectivity index (χ2v) is 5.19. The van der Waals surface area contributed by atoms with Gasteiger partial charge in [-0.25, -0.2) is 0 Å². The number of nitrogens with zero attached hydrogens (tertiary/aromatic N) is 2. The zero-order valence-corrected chi connectivity index (χ0v) is 12.3. The van der Waals surface area contributed by atoms with Crippen LogP contribution in [0.25, 0.3) is 0 Å². The fourth-order valence-electron chi connectivity index (χ4n) is 1.76. The highest BCUT2D eigenvalue weighted by Crippen LogP contribution is 2.09. The normalized spacial score (nSPS) is 15.1. The van der Waals surface area contributed by atoms with Crippen LogP contribution in [-0.4, -0.2) is 63.3 Å². The quantitative estimate of drug-likeness (QED) is 0.604. The maximum Gasteiger partial charge on any atom is 0.0660 e. The number of ether oxygens (including phenoxy) is 1. The molecule has 0 N–H and O–H groups in total. The summed E-state index contributed by atoms with van der Waals surface area (Å²) in [6, 6.07) is 0.561. The number of hydrogen-bond donors (Lipinski definition) is 0. The van der Waals surface area contributed by atoms with Gasteiger partial charge in [0, 0.05) is 0 Å². The molecule has 0 aliphatic rings. The molecule has 2 atom stereocenters. The molecule has 0 bridgehead atoms. The first kappa shape index (κ1) is 16.4. The number of likely N-dealkylation sites (N-methyl/N-ethyl adjacent to an activating group) is 2. The van der Waals surface area contributed by atoms with E-state index in [9.17, 15) is 0 Å². The summed E-state index contributed by atoms with van der Waals surface area (Å²) >= 11 is 0. The van der Waals surface area contributed by atoms with E-state index in [0.717, 1.165) is 11.1 Å². The van der Waals surface area contributed by atoms with Crippen molar-refractivity contribution >= 4 is 0 Å². The number of rotatable bonds is 8. The van der Waals surface area contributed by atoms with Crippen LogP contribution in [0, 0.1) is 0 Å². The fourth-order valence-corrected chi connectivity index (χ4v) is 1.76. The van der Waals surface area contributed by atoms with Gasteiger partial charge in [0.05, 0.1) is 25.3 Å². The van der Waals surface area contributed by atoms with Gasteiger partial charge in [0.2, 0.25) is 0 Å². The third-order valence-corrected chi connectivity index (χ3v) is 2.94. The molecule has 0 aromatic heterocycles.